The zero-order chi connectivity index (χ0) is 38.9. The quantitative estimate of drug-likeness (QED) is 0.155. The maximum absolute atomic E-state index is 5.24. The third kappa shape index (κ3) is 5.73. The lowest BCUT2D eigenvalue weighted by molar-refractivity contribution is -0.219. The predicted octanol–water partition coefficient (Wildman–Crippen LogP) is 13.4. The minimum absolute atomic E-state index is 0.407. The molecule has 59 heavy (non-hydrogen) atoms. The Morgan fingerprint density at radius 2 is 0.898 bits per heavy atom. The van der Waals surface area contributed by atoms with Crippen molar-refractivity contribution in [2.75, 3.05) is 0 Å². The lowest BCUT2D eigenvalue weighted by atomic mass is 9.28. The van der Waals surface area contributed by atoms with Gasteiger partial charge in [-0.25, -0.2) is 19.9 Å². The molecule has 2 atom stereocenters. The number of benzene rings is 7. The lowest BCUT2D eigenvalue weighted by Crippen LogP contribution is -2.71. The van der Waals surface area contributed by atoms with E-state index >= 15 is 0 Å². The minimum atomic E-state index is 0.407. The molecule has 3 fully saturated rings. The second kappa shape index (κ2) is 13.5. The summed E-state index contributed by atoms with van der Waals surface area (Å²) in [5.41, 5.74) is 14.1. The summed E-state index contributed by atoms with van der Waals surface area (Å²) in [5, 5.41) is 2.36. The molecule has 7 aromatic carbocycles. The summed E-state index contributed by atoms with van der Waals surface area (Å²) in [7, 11) is 0. The molecule has 3 aliphatic rings. The maximum atomic E-state index is 5.24. The molecule has 4 heteroatoms. The van der Waals surface area contributed by atoms with Gasteiger partial charge in [0.2, 0.25) is 0 Å². The van der Waals surface area contributed by atoms with E-state index in [0.717, 1.165) is 85.3 Å². The number of hydrogen-bond acceptors (Lipinski definition) is 4. The topological polar surface area (TPSA) is 51.6 Å². The molecule has 3 saturated carbocycles. The fourth-order valence-corrected chi connectivity index (χ4v) is 10.6. The fraction of sp³-hybridized carbons (Fsp3) is 0.127. The molecule has 0 bridgehead atoms. The summed E-state index contributed by atoms with van der Waals surface area (Å²) in [6, 6.07) is 66.4. The third-order valence-corrected chi connectivity index (χ3v) is 13.5. The summed E-state index contributed by atoms with van der Waals surface area (Å²) in [6.45, 7) is 0. The van der Waals surface area contributed by atoms with Crippen LogP contribution < -0.4 is 0 Å². The molecule has 0 amide bonds. The van der Waals surface area contributed by atoms with Crippen LogP contribution in [-0.2, 0) is 5.41 Å². The zero-order valence-corrected chi connectivity index (χ0v) is 32.5. The second-order valence-electron chi connectivity index (χ2n) is 16.8. The molecule has 3 aliphatic carbocycles. The average Bonchev–Trinajstić information content (AvgIpc) is 3.31. The monoisotopic (exact) mass is 756 g/mol. The molecular formula is C55H40N4. The van der Waals surface area contributed by atoms with Gasteiger partial charge in [0.1, 0.15) is 0 Å². The first-order valence-corrected chi connectivity index (χ1v) is 20.8. The first-order chi connectivity index (χ1) is 29.1. The van der Waals surface area contributed by atoms with E-state index in [1.807, 2.05) is 6.07 Å². The van der Waals surface area contributed by atoms with Crippen molar-refractivity contribution in [1.29, 1.82) is 0 Å². The Labute approximate surface area is 344 Å². The number of nitrogens with zero attached hydrogens (tertiary/aromatic N) is 4. The van der Waals surface area contributed by atoms with E-state index in [0.29, 0.717) is 11.2 Å². The smallest absolute Gasteiger partial charge is 0.160 e. The van der Waals surface area contributed by atoms with E-state index < -0.39 is 0 Å². The fourth-order valence-electron chi connectivity index (χ4n) is 10.6. The Balaban J connectivity index is 0.901. The highest BCUT2D eigenvalue weighted by Crippen LogP contribution is 2.77. The van der Waals surface area contributed by atoms with Gasteiger partial charge in [-0.3, -0.25) is 0 Å². The van der Waals surface area contributed by atoms with Crippen molar-refractivity contribution in [1.82, 2.24) is 19.9 Å². The number of aromatic nitrogens is 4. The van der Waals surface area contributed by atoms with Gasteiger partial charge in [0, 0.05) is 33.4 Å². The Morgan fingerprint density at radius 1 is 0.373 bits per heavy atom. The summed E-state index contributed by atoms with van der Waals surface area (Å²) in [5.74, 6) is 4.26. The molecule has 12 rings (SSSR count). The standard InChI is InChI=1S/C55H40N4/c1-3-13-37(14-4-1)48-31-50(41-19-10-21-45(30-41)55-33-43-29-44(34-55)52(43)55)58-53(56-48)39-26-24-35(25-27-39)40-18-9-20-42(28-40)54-57-49(38-15-5-2-6-16-38)32-51(59-54)47-23-11-17-36-12-7-8-22-46(36)47/h1-28,30-32,43-44,52H,29,33-34H2. The van der Waals surface area contributed by atoms with E-state index in [2.05, 4.69) is 182 Å². The number of hydrogen-bond donors (Lipinski definition) is 0. The van der Waals surface area contributed by atoms with Gasteiger partial charge in [-0.2, -0.15) is 0 Å². The van der Waals surface area contributed by atoms with Gasteiger partial charge in [-0.05, 0) is 94.2 Å². The first kappa shape index (κ1) is 34.0. The molecule has 2 unspecified atom stereocenters. The summed E-state index contributed by atoms with van der Waals surface area (Å²) in [6.07, 6.45) is 4.17. The molecule has 0 aliphatic heterocycles. The predicted molar refractivity (Wildman–Crippen MR) is 239 cm³/mol. The van der Waals surface area contributed by atoms with Crippen LogP contribution in [-0.4, -0.2) is 19.9 Å². The van der Waals surface area contributed by atoms with Crippen molar-refractivity contribution in [2.45, 2.75) is 24.7 Å². The summed E-state index contributed by atoms with van der Waals surface area (Å²) in [4.78, 5) is 20.8. The van der Waals surface area contributed by atoms with E-state index in [-0.39, 0.29) is 0 Å². The van der Waals surface area contributed by atoms with Crippen LogP contribution in [0.25, 0.3) is 89.7 Å². The van der Waals surface area contributed by atoms with Gasteiger partial charge < -0.3 is 0 Å². The van der Waals surface area contributed by atoms with Crippen molar-refractivity contribution >= 4 is 10.8 Å². The van der Waals surface area contributed by atoms with E-state index in [1.165, 1.54) is 41.2 Å². The van der Waals surface area contributed by atoms with Crippen LogP contribution in [0.15, 0.2) is 188 Å². The Morgan fingerprint density at radius 3 is 1.61 bits per heavy atom. The lowest BCUT2D eigenvalue weighted by Gasteiger charge is -2.76. The largest absolute Gasteiger partial charge is 0.228 e. The van der Waals surface area contributed by atoms with Gasteiger partial charge in [0.05, 0.1) is 22.8 Å². The Bertz CT molecular complexity index is 3030. The number of fused-ring (bicyclic) bond motifs is 1. The second-order valence-corrected chi connectivity index (χ2v) is 16.8. The molecule has 9 aromatic rings. The van der Waals surface area contributed by atoms with Gasteiger partial charge in [0.25, 0.3) is 0 Å². The molecule has 0 spiro atoms. The zero-order valence-electron chi connectivity index (χ0n) is 32.5. The molecule has 0 saturated heterocycles. The normalized spacial score (nSPS) is 19.9. The van der Waals surface area contributed by atoms with Crippen LogP contribution in [0.2, 0.25) is 0 Å². The van der Waals surface area contributed by atoms with Gasteiger partial charge in [0.15, 0.2) is 11.6 Å². The Hall–Kier alpha value is -7.04. The maximum Gasteiger partial charge on any atom is 0.160 e. The molecule has 2 aromatic heterocycles. The van der Waals surface area contributed by atoms with Crippen LogP contribution in [0, 0.1) is 17.8 Å². The molecule has 0 radical (unpaired) electrons. The van der Waals surface area contributed by atoms with Gasteiger partial charge >= 0.3 is 0 Å². The summed E-state index contributed by atoms with van der Waals surface area (Å²) >= 11 is 0. The SMILES string of the molecule is c1ccc(-c2cc(-c3cccc(C45CC6CC(C4)C65)c3)nc(-c3ccc(-c4cccc(-c5nc(-c6ccccc6)cc(-c6cccc7ccccc67)n5)c4)cc3)n2)cc1. The highest BCUT2D eigenvalue weighted by molar-refractivity contribution is 5.96. The van der Waals surface area contributed by atoms with Crippen LogP contribution in [0.3, 0.4) is 0 Å². The molecule has 2 heterocycles. The minimum Gasteiger partial charge on any atom is -0.228 e. The van der Waals surface area contributed by atoms with E-state index in [1.54, 1.807) is 0 Å². The average molecular weight is 757 g/mol. The highest BCUT2D eigenvalue weighted by Gasteiger charge is 2.71. The van der Waals surface area contributed by atoms with Gasteiger partial charge in [-0.15, -0.1) is 0 Å². The van der Waals surface area contributed by atoms with Crippen molar-refractivity contribution in [3.63, 3.8) is 0 Å². The third-order valence-electron chi connectivity index (χ3n) is 13.5. The van der Waals surface area contributed by atoms with Crippen LogP contribution in [0.5, 0.6) is 0 Å². The van der Waals surface area contributed by atoms with Crippen molar-refractivity contribution in [3.05, 3.63) is 194 Å². The van der Waals surface area contributed by atoms with Crippen molar-refractivity contribution < 1.29 is 0 Å². The first-order valence-electron chi connectivity index (χ1n) is 20.8. The van der Waals surface area contributed by atoms with Crippen molar-refractivity contribution in [3.8, 4) is 78.9 Å². The summed E-state index contributed by atoms with van der Waals surface area (Å²) < 4.78 is 0. The van der Waals surface area contributed by atoms with E-state index in [9.17, 15) is 0 Å². The van der Waals surface area contributed by atoms with Crippen LogP contribution in [0.1, 0.15) is 24.8 Å². The molecule has 0 N–H and O–H groups in total. The molecular weight excluding hydrogens is 717 g/mol. The molecule has 280 valence electrons. The van der Waals surface area contributed by atoms with Gasteiger partial charge in [-0.1, -0.05) is 164 Å². The Kier molecular flexibility index (Phi) is 7.81. The number of rotatable bonds is 8. The highest BCUT2D eigenvalue weighted by atomic mass is 14.9. The van der Waals surface area contributed by atoms with Crippen molar-refractivity contribution in [2.24, 2.45) is 17.8 Å². The van der Waals surface area contributed by atoms with E-state index in [4.69, 9.17) is 19.9 Å². The molecule has 4 nitrogen and oxygen atoms in total. The van der Waals surface area contributed by atoms with Crippen LogP contribution in [0.4, 0.5) is 0 Å². The van der Waals surface area contributed by atoms with Crippen LogP contribution >= 0.6 is 0 Å².